The van der Waals surface area contributed by atoms with Gasteiger partial charge in [0.15, 0.2) is 0 Å². The number of hydrogen-bond donors (Lipinski definition) is 1. The third kappa shape index (κ3) is 1.61. The van der Waals surface area contributed by atoms with Gasteiger partial charge in [-0.15, -0.1) is 0 Å². The molecule has 5 heteroatoms. The van der Waals surface area contributed by atoms with E-state index in [1.54, 1.807) is 0 Å². The number of aryl methyl sites for hydroxylation is 1. The summed E-state index contributed by atoms with van der Waals surface area (Å²) in [4.78, 5) is 0. The molecule has 2 nitrogen and oxygen atoms in total. The molecule has 0 aliphatic carbocycles. The van der Waals surface area contributed by atoms with Gasteiger partial charge in [0.1, 0.15) is 0 Å². The standard InChI is InChI=1S/C7H9F3N2/c1-12-3-5(2-11)6(4-12)7(8,9)10/h3-4H,2,11H2,1H3. The molecule has 0 atom stereocenters. The average molecular weight is 178 g/mol. The van der Waals surface area contributed by atoms with Gasteiger partial charge in [-0.25, -0.2) is 0 Å². The highest BCUT2D eigenvalue weighted by Gasteiger charge is 2.33. The van der Waals surface area contributed by atoms with Crippen LogP contribution in [0.25, 0.3) is 0 Å². The third-order valence-electron chi connectivity index (χ3n) is 1.56. The van der Waals surface area contributed by atoms with E-state index in [9.17, 15) is 13.2 Å². The minimum absolute atomic E-state index is 0.0876. The smallest absolute Gasteiger partial charge is 0.356 e. The highest BCUT2D eigenvalue weighted by atomic mass is 19.4. The molecule has 0 radical (unpaired) electrons. The van der Waals surface area contributed by atoms with Gasteiger partial charge in [0, 0.05) is 26.0 Å². The van der Waals surface area contributed by atoms with Crippen molar-refractivity contribution in [3.63, 3.8) is 0 Å². The summed E-state index contributed by atoms with van der Waals surface area (Å²) in [5, 5.41) is 0. The molecule has 0 aliphatic heterocycles. The van der Waals surface area contributed by atoms with E-state index in [0.29, 0.717) is 0 Å². The first-order valence-electron chi connectivity index (χ1n) is 3.37. The van der Waals surface area contributed by atoms with Crippen LogP contribution in [-0.4, -0.2) is 4.57 Å². The lowest BCUT2D eigenvalue weighted by Crippen LogP contribution is -2.08. The van der Waals surface area contributed by atoms with Crippen molar-refractivity contribution in [2.45, 2.75) is 12.7 Å². The highest BCUT2D eigenvalue weighted by Crippen LogP contribution is 2.32. The fourth-order valence-electron chi connectivity index (χ4n) is 1.06. The lowest BCUT2D eigenvalue weighted by atomic mass is 10.2. The topological polar surface area (TPSA) is 30.9 Å². The van der Waals surface area contributed by atoms with Crippen molar-refractivity contribution in [3.05, 3.63) is 23.5 Å². The number of alkyl halides is 3. The van der Waals surface area contributed by atoms with E-state index < -0.39 is 11.7 Å². The Balaban J connectivity index is 3.13. The number of nitrogens with two attached hydrogens (primary N) is 1. The maximum Gasteiger partial charge on any atom is 0.418 e. The van der Waals surface area contributed by atoms with Crippen LogP contribution in [0, 0.1) is 0 Å². The lowest BCUT2D eigenvalue weighted by molar-refractivity contribution is -0.138. The number of aromatic nitrogens is 1. The van der Waals surface area contributed by atoms with E-state index in [4.69, 9.17) is 5.73 Å². The second-order valence-corrected chi connectivity index (χ2v) is 2.56. The van der Waals surface area contributed by atoms with E-state index in [2.05, 4.69) is 0 Å². The molecule has 0 amide bonds. The summed E-state index contributed by atoms with van der Waals surface area (Å²) in [6, 6.07) is 0. The fraction of sp³-hybridized carbons (Fsp3) is 0.429. The first kappa shape index (κ1) is 9.12. The second kappa shape index (κ2) is 2.82. The average Bonchev–Trinajstić information content (AvgIpc) is 2.29. The molecule has 0 unspecified atom stereocenters. The van der Waals surface area contributed by atoms with Gasteiger partial charge in [-0.05, 0) is 5.56 Å². The normalized spacial score (nSPS) is 12.1. The van der Waals surface area contributed by atoms with Gasteiger partial charge in [0.05, 0.1) is 5.56 Å². The molecule has 1 aromatic rings. The van der Waals surface area contributed by atoms with Crippen LogP contribution in [0.3, 0.4) is 0 Å². The van der Waals surface area contributed by atoms with Crippen LogP contribution in [0.5, 0.6) is 0 Å². The maximum atomic E-state index is 12.2. The lowest BCUT2D eigenvalue weighted by Gasteiger charge is -2.04. The SMILES string of the molecule is Cn1cc(CN)c(C(F)(F)F)c1. The van der Waals surface area contributed by atoms with Crippen molar-refractivity contribution >= 4 is 0 Å². The minimum atomic E-state index is -4.30. The van der Waals surface area contributed by atoms with Crippen molar-refractivity contribution in [2.75, 3.05) is 0 Å². The first-order valence-corrected chi connectivity index (χ1v) is 3.37. The molecule has 0 aromatic carbocycles. The summed E-state index contributed by atoms with van der Waals surface area (Å²) in [6.45, 7) is -0.0876. The molecule has 0 aliphatic rings. The number of rotatable bonds is 1. The van der Waals surface area contributed by atoms with Gasteiger partial charge in [-0.1, -0.05) is 0 Å². The Morgan fingerprint density at radius 3 is 2.33 bits per heavy atom. The molecule has 1 rings (SSSR count). The zero-order chi connectivity index (χ0) is 9.35. The molecule has 0 spiro atoms. The molecule has 0 bridgehead atoms. The Labute approximate surface area is 67.8 Å². The fourth-order valence-corrected chi connectivity index (χ4v) is 1.06. The zero-order valence-corrected chi connectivity index (χ0v) is 6.52. The monoisotopic (exact) mass is 178 g/mol. The molecule has 68 valence electrons. The summed E-state index contributed by atoms with van der Waals surface area (Å²) in [6.07, 6.45) is -1.89. The van der Waals surface area contributed by atoms with E-state index >= 15 is 0 Å². The van der Waals surface area contributed by atoms with Crippen molar-refractivity contribution in [2.24, 2.45) is 12.8 Å². The summed E-state index contributed by atoms with van der Waals surface area (Å²) in [5.74, 6) is 0. The first-order chi connectivity index (χ1) is 5.45. The van der Waals surface area contributed by atoms with E-state index in [1.165, 1.54) is 17.8 Å². The van der Waals surface area contributed by atoms with Crippen LogP contribution >= 0.6 is 0 Å². The Kier molecular flexibility index (Phi) is 2.14. The number of hydrogen-bond acceptors (Lipinski definition) is 1. The predicted octanol–water partition coefficient (Wildman–Crippen LogP) is 1.50. The molecule has 2 N–H and O–H groups in total. The van der Waals surface area contributed by atoms with Gasteiger partial charge in [-0.3, -0.25) is 0 Å². The van der Waals surface area contributed by atoms with Crippen molar-refractivity contribution in [1.29, 1.82) is 0 Å². The predicted molar refractivity (Wildman–Crippen MR) is 38.3 cm³/mol. The van der Waals surface area contributed by atoms with Crippen LogP contribution in [0.1, 0.15) is 11.1 Å². The summed E-state index contributed by atoms with van der Waals surface area (Å²) in [7, 11) is 1.54. The van der Waals surface area contributed by atoms with Crippen LogP contribution in [-0.2, 0) is 19.8 Å². The van der Waals surface area contributed by atoms with Crippen LogP contribution < -0.4 is 5.73 Å². The molecular weight excluding hydrogens is 169 g/mol. The molecule has 0 saturated heterocycles. The van der Waals surface area contributed by atoms with Crippen LogP contribution in [0.2, 0.25) is 0 Å². The number of halogens is 3. The van der Waals surface area contributed by atoms with Crippen molar-refractivity contribution < 1.29 is 13.2 Å². The molecule has 12 heavy (non-hydrogen) atoms. The molecule has 0 saturated carbocycles. The van der Waals surface area contributed by atoms with Gasteiger partial charge in [0.25, 0.3) is 0 Å². The second-order valence-electron chi connectivity index (χ2n) is 2.56. The summed E-state index contributed by atoms with van der Waals surface area (Å²) in [5.41, 5.74) is 4.63. The molecule has 0 fully saturated rings. The van der Waals surface area contributed by atoms with Crippen LogP contribution in [0.15, 0.2) is 12.4 Å². The van der Waals surface area contributed by atoms with Crippen molar-refractivity contribution in [1.82, 2.24) is 4.57 Å². The van der Waals surface area contributed by atoms with Gasteiger partial charge < -0.3 is 10.3 Å². The minimum Gasteiger partial charge on any atom is -0.356 e. The molecule has 1 aromatic heterocycles. The van der Waals surface area contributed by atoms with E-state index in [0.717, 1.165) is 6.20 Å². The summed E-state index contributed by atoms with van der Waals surface area (Å²) < 4.78 is 37.9. The Hall–Kier alpha value is -0.970. The highest BCUT2D eigenvalue weighted by molar-refractivity contribution is 5.26. The van der Waals surface area contributed by atoms with Crippen LogP contribution in [0.4, 0.5) is 13.2 Å². The van der Waals surface area contributed by atoms with E-state index in [-0.39, 0.29) is 12.1 Å². The largest absolute Gasteiger partial charge is 0.418 e. The Morgan fingerprint density at radius 2 is 2.00 bits per heavy atom. The van der Waals surface area contributed by atoms with Gasteiger partial charge in [-0.2, -0.15) is 13.2 Å². The van der Waals surface area contributed by atoms with Gasteiger partial charge in [0.2, 0.25) is 0 Å². The Morgan fingerprint density at radius 1 is 1.42 bits per heavy atom. The van der Waals surface area contributed by atoms with E-state index in [1.807, 2.05) is 0 Å². The Bertz CT molecular complexity index is 275. The number of nitrogens with zero attached hydrogens (tertiary/aromatic N) is 1. The summed E-state index contributed by atoms with van der Waals surface area (Å²) >= 11 is 0. The maximum absolute atomic E-state index is 12.2. The zero-order valence-electron chi connectivity index (χ0n) is 6.52. The third-order valence-corrected chi connectivity index (χ3v) is 1.56. The molecule has 1 heterocycles. The molecular formula is C7H9F3N2. The van der Waals surface area contributed by atoms with Crippen molar-refractivity contribution in [3.8, 4) is 0 Å². The quantitative estimate of drug-likeness (QED) is 0.694. The van der Waals surface area contributed by atoms with Gasteiger partial charge >= 0.3 is 6.18 Å².